The van der Waals surface area contributed by atoms with Gasteiger partial charge in [0.25, 0.3) is 0 Å². The molecule has 0 radical (unpaired) electrons. The molecule has 3 aromatic carbocycles. The quantitative estimate of drug-likeness (QED) is 0.339. The van der Waals surface area contributed by atoms with Crippen LogP contribution in [-0.2, 0) is 11.3 Å². The normalized spacial score (nSPS) is 10.7. The average Bonchev–Trinajstić information content (AvgIpc) is 3.33. The molecule has 1 heterocycles. The van der Waals surface area contributed by atoms with E-state index in [-0.39, 0.29) is 24.5 Å². The molecule has 5 heteroatoms. The summed E-state index contributed by atoms with van der Waals surface area (Å²) in [5, 5.41) is 5.92. The third-order valence-electron chi connectivity index (χ3n) is 5.19. The number of nitrogens with zero attached hydrogens (tertiary/aromatic N) is 1. The Morgan fingerprint density at radius 3 is 2.41 bits per heavy atom. The first kappa shape index (κ1) is 21.7. The van der Waals surface area contributed by atoms with E-state index in [1.165, 1.54) is 0 Å². The van der Waals surface area contributed by atoms with Gasteiger partial charge < -0.3 is 5.32 Å². The highest BCUT2D eigenvalue weighted by atomic mass is 32.1. The number of nitrogens with one attached hydrogen (secondary N) is 1. The lowest BCUT2D eigenvalue weighted by molar-refractivity contribution is -0.121. The van der Waals surface area contributed by atoms with Crippen molar-refractivity contribution in [1.29, 1.82) is 0 Å². The van der Waals surface area contributed by atoms with Gasteiger partial charge in [-0.15, -0.1) is 11.3 Å². The largest absolute Gasteiger partial charge is 0.352 e. The Balaban J connectivity index is 1.32. The summed E-state index contributed by atoms with van der Waals surface area (Å²) in [5.41, 5.74) is 5.83. The number of aromatic nitrogens is 1. The van der Waals surface area contributed by atoms with Gasteiger partial charge in [-0.2, -0.15) is 0 Å². The molecule has 1 N–H and O–H groups in total. The van der Waals surface area contributed by atoms with Crippen LogP contribution in [0.1, 0.15) is 34.3 Å². The predicted molar refractivity (Wildman–Crippen MR) is 130 cm³/mol. The fraction of sp³-hybridized carbons (Fsp3) is 0.148. The van der Waals surface area contributed by atoms with E-state index < -0.39 is 0 Å². The zero-order chi connectivity index (χ0) is 22.3. The molecule has 32 heavy (non-hydrogen) atoms. The second kappa shape index (κ2) is 10.2. The molecule has 4 rings (SSSR count). The molecule has 0 saturated heterocycles. The number of carbonyl (C=O) groups is 2. The fourth-order valence-corrected chi connectivity index (χ4v) is 4.19. The van der Waals surface area contributed by atoms with Crippen LogP contribution in [0.2, 0.25) is 0 Å². The number of Topliss-reactive ketones (excluding diaryl/α,β-unsaturated/α-hetero) is 1. The molecular formula is C27H24N2O2S. The Kier molecular flexibility index (Phi) is 6.87. The predicted octanol–water partition coefficient (Wildman–Crippen LogP) is 6.06. The van der Waals surface area contributed by atoms with Crippen LogP contribution in [0.25, 0.3) is 21.8 Å². The van der Waals surface area contributed by atoms with Gasteiger partial charge in [0, 0.05) is 41.5 Å². The van der Waals surface area contributed by atoms with Crippen molar-refractivity contribution in [3.05, 3.63) is 101 Å². The van der Waals surface area contributed by atoms with E-state index in [1.807, 2.05) is 85.8 Å². The second-order valence-corrected chi connectivity index (χ2v) is 8.53. The van der Waals surface area contributed by atoms with Crippen LogP contribution in [0.5, 0.6) is 0 Å². The fourth-order valence-electron chi connectivity index (χ4n) is 3.36. The first-order valence-electron chi connectivity index (χ1n) is 10.6. The van der Waals surface area contributed by atoms with Gasteiger partial charge in [-0.25, -0.2) is 4.98 Å². The van der Waals surface area contributed by atoms with Gasteiger partial charge in [-0.3, -0.25) is 9.59 Å². The summed E-state index contributed by atoms with van der Waals surface area (Å²) in [7, 11) is 0. The molecule has 1 amide bonds. The van der Waals surface area contributed by atoms with Gasteiger partial charge >= 0.3 is 0 Å². The van der Waals surface area contributed by atoms with Gasteiger partial charge in [0.1, 0.15) is 5.01 Å². The molecule has 0 bridgehead atoms. The molecule has 4 nitrogen and oxygen atoms in total. The third-order valence-corrected chi connectivity index (χ3v) is 6.08. The maximum absolute atomic E-state index is 12.3. The lowest BCUT2D eigenvalue weighted by Gasteiger charge is -2.07. The van der Waals surface area contributed by atoms with Crippen molar-refractivity contribution in [3.8, 4) is 21.8 Å². The zero-order valence-electron chi connectivity index (χ0n) is 17.9. The lowest BCUT2D eigenvalue weighted by atomic mass is 10.0. The van der Waals surface area contributed by atoms with Crippen molar-refractivity contribution in [3.63, 3.8) is 0 Å². The number of ketones is 1. The molecule has 0 spiro atoms. The molecule has 4 aromatic rings. The van der Waals surface area contributed by atoms with E-state index in [0.717, 1.165) is 33.0 Å². The summed E-state index contributed by atoms with van der Waals surface area (Å²) in [5.74, 6) is -0.142. The Bertz CT molecular complexity index is 1210. The first-order valence-corrected chi connectivity index (χ1v) is 11.4. The van der Waals surface area contributed by atoms with E-state index in [9.17, 15) is 9.59 Å². The minimum atomic E-state index is -0.128. The van der Waals surface area contributed by atoms with Gasteiger partial charge in [-0.05, 0) is 18.6 Å². The molecule has 0 saturated carbocycles. The number of aryl methyl sites for hydroxylation is 1. The Hall–Kier alpha value is -3.57. The van der Waals surface area contributed by atoms with Crippen molar-refractivity contribution < 1.29 is 9.59 Å². The van der Waals surface area contributed by atoms with E-state index >= 15 is 0 Å². The standard InChI is InChI=1S/C27H24N2O2S/c1-19-10-12-22(13-11-19)25(30)14-15-26(31)28-17-20-6-5-9-23(16-20)27-29-24(18-32-27)21-7-3-2-4-8-21/h2-13,16,18H,14-15,17H2,1H3,(H,28,31). The van der Waals surface area contributed by atoms with E-state index in [4.69, 9.17) is 4.98 Å². The highest BCUT2D eigenvalue weighted by Crippen LogP contribution is 2.29. The summed E-state index contributed by atoms with van der Waals surface area (Å²) in [6, 6.07) is 25.6. The maximum atomic E-state index is 12.3. The number of carbonyl (C=O) groups excluding carboxylic acids is 2. The number of benzene rings is 3. The van der Waals surface area contributed by atoms with E-state index in [1.54, 1.807) is 11.3 Å². The monoisotopic (exact) mass is 440 g/mol. The third kappa shape index (κ3) is 5.56. The summed E-state index contributed by atoms with van der Waals surface area (Å²) >= 11 is 1.60. The van der Waals surface area contributed by atoms with Crippen molar-refractivity contribution in [2.75, 3.05) is 0 Å². The summed E-state index contributed by atoms with van der Waals surface area (Å²) in [6.45, 7) is 2.40. The molecule has 0 aliphatic rings. The van der Waals surface area contributed by atoms with Crippen LogP contribution >= 0.6 is 11.3 Å². The topological polar surface area (TPSA) is 59.1 Å². The van der Waals surface area contributed by atoms with Crippen molar-refractivity contribution >= 4 is 23.0 Å². The van der Waals surface area contributed by atoms with Crippen molar-refractivity contribution in [2.24, 2.45) is 0 Å². The highest BCUT2D eigenvalue weighted by molar-refractivity contribution is 7.13. The lowest BCUT2D eigenvalue weighted by Crippen LogP contribution is -2.23. The molecule has 0 atom stereocenters. The number of hydrogen-bond donors (Lipinski definition) is 1. The molecular weight excluding hydrogens is 416 g/mol. The Morgan fingerprint density at radius 1 is 0.875 bits per heavy atom. The number of hydrogen-bond acceptors (Lipinski definition) is 4. The van der Waals surface area contributed by atoms with Crippen LogP contribution in [0.4, 0.5) is 0 Å². The minimum Gasteiger partial charge on any atom is -0.352 e. The smallest absolute Gasteiger partial charge is 0.220 e. The zero-order valence-corrected chi connectivity index (χ0v) is 18.7. The van der Waals surface area contributed by atoms with Crippen molar-refractivity contribution in [2.45, 2.75) is 26.3 Å². The van der Waals surface area contributed by atoms with E-state index in [0.29, 0.717) is 12.1 Å². The molecule has 0 fully saturated rings. The van der Waals surface area contributed by atoms with Crippen LogP contribution in [-0.4, -0.2) is 16.7 Å². The van der Waals surface area contributed by atoms with Crippen LogP contribution in [0.15, 0.2) is 84.2 Å². The highest BCUT2D eigenvalue weighted by Gasteiger charge is 2.10. The molecule has 1 aromatic heterocycles. The van der Waals surface area contributed by atoms with Crippen LogP contribution in [0, 0.1) is 6.92 Å². The maximum Gasteiger partial charge on any atom is 0.220 e. The minimum absolute atomic E-state index is 0.0138. The summed E-state index contributed by atoms with van der Waals surface area (Å²) in [6.07, 6.45) is 0.385. The van der Waals surface area contributed by atoms with Crippen molar-refractivity contribution in [1.82, 2.24) is 10.3 Å². The summed E-state index contributed by atoms with van der Waals surface area (Å²) < 4.78 is 0. The molecule has 160 valence electrons. The number of thiazole rings is 1. The SMILES string of the molecule is Cc1ccc(C(=O)CCC(=O)NCc2cccc(-c3nc(-c4ccccc4)cs3)c2)cc1. The van der Waals surface area contributed by atoms with Crippen LogP contribution in [0.3, 0.4) is 0 Å². The first-order chi connectivity index (χ1) is 15.6. The van der Waals surface area contributed by atoms with Gasteiger partial charge in [0.2, 0.25) is 5.91 Å². The average molecular weight is 441 g/mol. The van der Waals surface area contributed by atoms with Crippen LogP contribution < -0.4 is 5.32 Å². The number of amides is 1. The van der Waals surface area contributed by atoms with Gasteiger partial charge in [-0.1, -0.05) is 78.4 Å². The summed E-state index contributed by atoms with van der Waals surface area (Å²) in [4.78, 5) is 29.3. The Morgan fingerprint density at radius 2 is 1.62 bits per heavy atom. The van der Waals surface area contributed by atoms with Gasteiger partial charge in [0.15, 0.2) is 5.78 Å². The second-order valence-electron chi connectivity index (χ2n) is 7.67. The molecule has 0 unspecified atom stereocenters. The number of rotatable bonds is 8. The van der Waals surface area contributed by atoms with E-state index in [2.05, 4.69) is 10.7 Å². The van der Waals surface area contributed by atoms with Gasteiger partial charge in [0.05, 0.1) is 5.69 Å². The molecule has 0 aliphatic carbocycles. The molecule has 0 aliphatic heterocycles. The Labute approximate surface area is 192 Å².